The van der Waals surface area contributed by atoms with Crippen molar-refractivity contribution < 1.29 is 9.72 Å². The van der Waals surface area contributed by atoms with E-state index in [1.807, 2.05) is 32.7 Å². The Hall–Kier alpha value is -1.95. The van der Waals surface area contributed by atoms with E-state index in [-0.39, 0.29) is 23.7 Å². The Balaban J connectivity index is 2.67. The summed E-state index contributed by atoms with van der Waals surface area (Å²) in [7, 11) is 1.85. The van der Waals surface area contributed by atoms with Gasteiger partial charge in [0.1, 0.15) is 0 Å². The van der Waals surface area contributed by atoms with Gasteiger partial charge in [0, 0.05) is 23.4 Å². The van der Waals surface area contributed by atoms with Crippen LogP contribution in [0.4, 0.5) is 11.4 Å². The summed E-state index contributed by atoms with van der Waals surface area (Å²) in [6.07, 6.45) is 0. The zero-order valence-electron chi connectivity index (χ0n) is 11.6. The molecule has 104 valence electrons. The minimum absolute atomic E-state index is 0.0398. The van der Waals surface area contributed by atoms with Gasteiger partial charge in [0.05, 0.1) is 11.5 Å². The summed E-state index contributed by atoms with van der Waals surface area (Å²) in [5, 5.41) is 13.3. The number of anilines is 1. The van der Waals surface area contributed by atoms with E-state index in [0.29, 0.717) is 5.69 Å². The van der Waals surface area contributed by atoms with Crippen LogP contribution >= 0.6 is 0 Å². The number of nitrogens with one attached hydrogen (secondary N) is 1. The number of nitro benzene ring substituents is 1. The number of rotatable bonds is 4. The Morgan fingerprint density at radius 3 is 2.58 bits per heavy atom. The molecule has 0 aliphatic carbocycles. The molecule has 0 fully saturated rings. The highest BCUT2D eigenvalue weighted by molar-refractivity contribution is 5.92. The molecular formula is C13H19N3O3. The van der Waals surface area contributed by atoms with Gasteiger partial charge in [0.15, 0.2) is 0 Å². The normalized spacial score (nSPS) is 11.4. The molecule has 0 unspecified atom stereocenters. The third-order valence-electron chi connectivity index (χ3n) is 2.87. The quantitative estimate of drug-likeness (QED) is 0.669. The first-order valence-electron chi connectivity index (χ1n) is 5.95. The molecule has 0 aliphatic heterocycles. The highest BCUT2D eigenvalue weighted by Crippen LogP contribution is 2.17. The van der Waals surface area contributed by atoms with Gasteiger partial charge in [-0.3, -0.25) is 19.8 Å². The largest absolute Gasteiger partial charge is 0.325 e. The summed E-state index contributed by atoms with van der Waals surface area (Å²) >= 11 is 0. The number of non-ortho nitro benzene ring substituents is 1. The van der Waals surface area contributed by atoms with Crippen LogP contribution in [0.3, 0.4) is 0 Å². The molecular weight excluding hydrogens is 246 g/mol. The standard InChI is InChI=1S/C13H19N3O3/c1-13(2,3)15(4)9-12(17)14-10-6-5-7-11(8-10)16(18)19/h5-8H,9H2,1-4H3,(H,14,17). The smallest absolute Gasteiger partial charge is 0.271 e. The molecule has 0 aromatic heterocycles. The topological polar surface area (TPSA) is 75.5 Å². The minimum Gasteiger partial charge on any atom is -0.325 e. The lowest BCUT2D eigenvalue weighted by atomic mass is 10.1. The van der Waals surface area contributed by atoms with Crippen LogP contribution in [0.25, 0.3) is 0 Å². The maximum Gasteiger partial charge on any atom is 0.271 e. The molecule has 0 heterocycles. The summed E-state index contributed by atoms with van der Waals surface area (Å²) in [6.45, 7) is 6.25. The molecule has 0 radical (unpaired) electrons. The van der Waals surface area contributed by atoms with Gasteiger partial charge in [-0.05, 0) is 33.9 Å². The zero-order valence-corrected chi connectivity index (χ0v) is 11.6. The van der Waals surface area contributed by atoms with Gasteiger partial charge in [0.25, 0.3) is 5.69 Å². The molecule has 0 bridgehead atoms. The average molecular weight is 265 g/mol. The van der Waals surface area contributed by atoms with Crippen molar-refractivity contribution >= 4 is 17.3 Å². The van der Waals surface area contributed by atoms with E-state index in [1.54, 1.807) is 12.1 Å². The third-order valence-corrected chi connectivity index (χ3v) is 2.87. The summed E-state index contributed by atoms with van der Waals surface area (Å²) in [5.41, 5.74) is 0.281. The van der Waals surface area contributed by atoms with Crippen molar-refractivity contribution in [2.75, 3.05) is 18.9 Å². The van der Waals surface area contributed by atoms with Crippen LogP contribution in [0.1, 0.15) is 20.8 Å². The number of carbonyl (C=O) groups is 1. The Morgan fingerprint density at radius 2 is 2.05 bits per heavy atom. The van der Waals surface area contributed by atoms with Crippen LogP contribution < -0.4 is 5.32 Å². The predicted octanol–water partition coefficient (Wildman–Crippen LogP) is 2.26. The lowest BCUT2D eigenvalue weighted by Gasteiger charge is -2.31. The van der Waals surface area contributed by atoms with Crippen molar-refractivity contribution in [3.63, 3.8) is 0 Å². The lowest BCUT2D eigenvalue weighted by Crippen LogP contribution is -2.42. The lowest BCUT2D eigenvalue weighted by molar-refractivity contribution is -0.384. The van der Waals surface area contributed by atoms with Gasteiger partial charge >= 0.3 is 0 Å². The van der Waals surface area contributed by atoms with Gasteiger partial charge in [-0.1, -0.05) is 6.07 Å². The van der Waals surface area contributed by atoms with E-state index in [4.69, 9.17) is 0 Å². The van der Waals surface area contributed by atoms with Crippen LogP contribution in [0, 0.1) is 10.1 Å². The van der Waals surface area contributed by atoms with Crippen molar-refractivity contribution in [3.8, 4) is 0 Å². The Kier molecular flexibility index (Phi) is 4.61. The first-order valence-corrected chi connectivity index (χ1v) is 5.95. The van der Waals surface area contributed by atoms with Gasteiger partial charge in [-0.2, -0.15) is 0 Å². The molecule has 0 spiro atoms. The summed E-state index contributed by atoms with van der Waals surface area (Å²) in [4.78, 5) is 23.9. The van der Waals surface area contributed by atoms with E-state index in [1.165, 1.54) is 12.1 Å². The molecule has 0 saturated carbocycles. The van der Waals surface area contributed by atoms with E-state index < -0.39 is 4.92 Å². The first kappa shape index (κ1) is 15.1. The molecule has 6 heteroatoms. The van der Waals surface area contributed by atoms with E-state index in [0.717, 1.165) is 0 Å². The summed E-state index contributed by atoms with van der Waals surface area (Å²) in [6, 6.07) is 5.90. The van der Waals surface area contributed by atoms with Crippen LogP contribution in [0.2, 0.25) is 0 Å². The highest BCUT2D eigenvalue weighted by atomic mass is 16.6. The summed E-state index contributed by atoms with van der Waals surface area (Å²) < 4.78 is 0. The number of likely N-dealkylation sites (N-methyl/N-ethyl adjacent to an activating group) is 1. The molecule has 6 nitrogen and oxygen atoms in total. The monoisotopic (exact) mass is 265 g/mol. The zero-order chi connectivity index (χ0) is 14.6. The highest BCUT2D eigenvalue weighted by Gasteiger charge is 2.19. The minimum atomic E-state index is -0.489. The fourth-order valence-corrected chi connectivity index (χ4v) is 1.35. The van der Waals surface area contributed by atoms with Crippen LogP contribution in [-0.2, 0) is 4.79 Å². The number of carbonyl (C=O) groups excluding carboxylic acids is 1. The van der Waals surface area contributed by atoms with Crippen molar-refractivity contribution in [3.05, 3.63) is 34.4 Å². The Bertz CT molecular complexity index is 480. The average Bonchev–Trinajstić information content (AvgIpc) is 2.27. The van der Waals surface area contributed by atoms with E-state index in [9.17, 15) is 14.9 Å². The predicted molar refractivity (Wildman–Crippen MR) is 74.1 cm³/mol. The number of hydrogen-bond donors (Lipinski definition) is 1. The van der Waals surface area contributed by atoms with Gasteiger partial charge in [-0.15, -0.1) is 0 Å². The van der Waals surface area contributed by atoms with Crippen LogP contribution in [0.15, 0.2) is 24.3 Å². The second-order valence-corrected chi connectivity index (χ2v) is 5.38. The second-order valence-electron chi connectivity index (χ2n) is 5.38. The molecule has 1 aromatic rings. The van der Waals surface area contributed by atoms with Crippen molar-refractivity contribution in [2.45, 2.75) is 26.3 Å². The molecule has 0 aliphatic rings. The molecule has 19 heavy (non-hydrogen) atoms. The number of hydrogen-bond acceptors (Lipinski definition) is 4. The number of nitro groups is 1. The molecule has 1 aromatic carbocycles. The van der Waals surface area contributed by atoms with E-state index >= 15 is 0 Å². The first-order chi connectivity index (χ1) is 8.70. The van der Waals surface area contributed by atoms with Crippen molar-refractivity contribution in [2.24, 2.45) is 0 Å². The Morgan fingerprint density at radius 1 is 1.42 bits per heavy atom. The molecule has 0 atom stereocenters. The van der Waals surface area contributed by atoms with Gasteiger partial charge in [-0.25, -0.2) is 0 Å². The fourth-order valence-electron chi connectivity index (χ4n) is 1.35. The van der Waals surface area contributed by atoms with Crippen LogP contribution in [-0.4, -0.2) is 34.9 Å². The maximum absolute atomic E-state index is 11.8. The second kappa shape index (κ2) is 5.79. The number of nitrogens with zero attached hydrogens (tertiary/aromatic N) is 2. The van der Waals surface area contributed by atoms with E-state index in [2.05, 4.69) is 5.32 Å². The number of amides is 1. The molecule has 1 rings (SSSR count). The third kappa shape index (κ3) is 4.67. The maximum atomic E-state index is 11.8. The fraction of sp³-hybridized carbons (Fsp3) is 0.462. The molecule has 1 N–H and O–H groups in total. The van der Waals surface area contributed by atoms with Crippen LogP contribution in [0.5, 0.6) is 0 Å². The summed E-state index contributed by atoms with van der Waals surface area (Å²) in [5.74, 6) is -0.196. The SMILES string of the molecule is CN(CC(=O)Nc1cccc([N+](=O)[O-])c1)C(C)(C)C. The molecule has 1 amide bonds. The van der Waals surface area contributed by atoms with Gasteiger partial charge < -0.3 is 5.32 Å². The number of benzene rings is 1. The van der Waals surface area contributed by atoms with Crippen molar-refractivity contribution in [1.82, 2.24) is 4.90 Å². The molecule has 0 saturated heterocycles. The van der Waals surface area contributed by atoms with Gasteiger partial charge in [0.2, 0.25) is 5.91 Å². The van der Waals surface area contributed by atoms with Crippen molar-refractivity contribution in [1.29, 1.82) is 0 Å². The Labute approximate surface area is 112 Å².